The Hall–Kier alpha value is -3.29. The molecule has 1 heterocycles. The van der Waals surface area contributed by atoms with Gasteiger partial charge >= 0.3 is 0 Å². The van der Waals surface area contributed by atoms with Crippen molar-refractivity contribution >= 4 is 17.3 Å². The van der Waals surface area contributed by atoms with Gasteiger partial charge in [-0.1, -0.05) is 18.2 Å². The highest BCUT2D eigenvalue weighted by Crippen LogP contribution is 2.32. The molecule has 3 rings (SSSR count). The molecule has 0 fully saturated rings. The van der Waals surface area contributed by atoms with Crippen LogP contribution >= 0.6 is 0 Å². The van der Waals surface area contributed by atoms with Gasteiger partial charge in [0.2, 0.25) is 12.7 Å². The van der Waals surface area contributed by atoms with E-state index in [-0.39, 0.29) is 24.8 Å². The van der Waals surface area contributed by atoms with E-state index >= 15 is 0 Å². The molecule has 0 bridgehead atoms. The van der Waals surface area contributed by atoms with Crippen LogP contribution in [0, 0.1) is 10.1 Å². The summed E-state index contributed by atoms with van der Waals surface area (Å²) in [4.78, 5) is 24.8. The second-order valence-corrected chi connectivity index (χ2v) is 6.05. The van der Waals surface area contributed by atoms with Gasteiger partial charge in [-0.05, 0) is 30.7 Å². The Bertz CT molecular complexity index is 840. The van der Waals surface area contributed by atoms with Crippen LogP contribution in [0.3, 0.4) is 0 Å². The number of nitrogens with one attached hydrogen (secondary N) is 1. The monoisotopic (exact) mass is 371 g/mol. The summed E-state index contributed by atoms with van der Waals surface area (Å²) < 4.78 is 10.7. The van der Waals surface area contributed by atoms with Crippen LogP contribution in [0.15, 0.2) is 42.5 Å². The maximum Gasteiger partial charge on any atom is 0.292 e. The zero-order chi connectivity index (χ0) is 19.2. The van der Waals surface area contributed by atoms with Gasteiger partial charge in [0.25, 0.3) is 5.69 Å². The molecule has 0 saturated heterocycles. The fraction of sp³-hybridized carbons (Fsp3) is 0.316. The van der Waals surface area contributed by atoms with Gasteiger partial charge in [-0.2, -0.15) is 0 Å². The van der Waals surface area contributed by atoms with E-state index in [2.05, 4.69) is 5.32 Å². The maximum atomic E-state index is 12.5. The third-order valence-corrected chi connectivity index (χ3v) is 4.30. The average molecular weight is 371 g/mol. The zero-order valence-electron chi connectivity index (χ0n) is 15.0. The summed E-state index contributed by atoms with van der Waals surface area (Å²) in [5.74, 6) is 1.37. The molecule has 0 aromatic heterocycles. The molecule has 8 heteroatoms. The van der Waals surface area contributed by atoms with Crippen molar-refractivity contribution < 1.29 is 19.2 Å². The summed E-state index contributed by atoms with van der Waals surface area (Å²) >= 11 is 0. The first-order valence-electron chi connectivity index (χ1n) is 8.72. The van der Waals surface area contributed by atoms with Gasteiger partial charge in [-0.15, -0.1) is 0 Å². The number of fused-ring (bicyclic) bond motifs is 1. The molecule has 0 unspecified atom stereocenters. The molecule has 0 aliphatic carbocycles. The molecule has 1 aliphatic rings. The van der Waals surface area contributed by atoms with E-state index in [0.717, 1.165) is 5.56 Å². The van der Waals surface area contributed by atoms with Gasteiger partial charge < -0.3 is 19.7 Å². The molecule has 0 spiro atoms. The lowest BCUT2D eigenvalue weighted by Crippen LogP contribution is -2.31. The number of benzene rings is 2. The number of amides is 1. The Morgan fingerprint density at radius 2 is 2.00 bits per heavy atom. The number of nitrogens with zero attached hydrogens (tertiary/aromatic N) is 2. The van der Waals surface area contributed by atoms with Crippen LogP contribution in [0.4, 0.5) is 11.4 Å². The quantitative estimate of drug-likeness (QED) is 0.566. The number of carbonyl (C=O) groups is 1. The zero-order valence-corrected chi connectivity index (χ0v) is 15.0. The van der Waals surface area contributed by atoms with E-state index in [1.807, 2.05) is 25.1 Å². The van der Waals surface area contributed by atoms with Gasteiger partial charge in [0.15, 0.2) is 11.5 Å². The highest BCUT2D eigenvalue weighted by molar-refractivity contribution is 5.77. The fourth-order valence-electron chi connectivity index (χ4n) is 2.88. The summed E-state index contributed by atoms with van der Waals surface area (Å²) in [6.07, 6.45) is 0.241. The third-order valence-electron chi connectivity index (χ3n) is 4.30. The number of carbonyl (C=O) groups excluding carboxylic acids is 1. The maximum absolute atomic E-state index is 12.5. The van der Waals surface area contributed by atoms with E-state index < -0.39 is 4.92 Å². The van der Waals surface area contributed by atoms with Crippen molar-refractivity contribution in [3.63, 3.8) is 0 Å². The van der Waals surface area contributed by atoms with Gasteiger partial charge in [-0.3, -0.25) is 14.9 Å². The van der Waals surface area contributed by atoms with Crippen LogP contribution in [0.5, 0.6) is 11.5 Å². The lowest BCUT2D eigenvalue weighted by atomic mass is 10.2. The van der Waals surface area contributed by atoms with Gasteiger partial charge in [0.1, 0.15) is 5.69 Å². The summed E-state index contributed by atoms with van der Waals surface area (Å²) in [5.41, 5.74) is 1.37. The molecule has 1 aliphatic heterocycles. The molecule has 1 N–H and O–H groups in total. The van der Waals surface area contributed by atoms with Crippen LogP contribution in [0.2, 0.25) is 0 Å². The number of para-hydroxylation sites is 2. The van der Waals surface area contributed by atoms with Crippen molar-refractivity contribution in [2.24, 2.45) is 0 Å². The summed E-state index contributed by atoms with van der Waals surface area (Å²) in [7, 11) is 0. The Balaban J connectivity index is 1.55. The van der Waals surface area contributed by atoms with E-state index in [1.165, 1.54) is 6.07 Å². The Morgan fingerprint density at radius 1 is 1.22 bits per heavy atom. The highest BCUT2D eigenvalue weighted by Gasteiger charge is 2.17. The minimum atomic E-state index is -0.442. The first-order chi connectivity index (χ1) is 13.1. The van der Waals surface area contributed by atoms with Crippen LogP contribution in [0.25, 0.3) is 0 Å². The molecule has 27 heavy (non-hydrogen) atoms. The van der Waals surface area contributed by atoms with Crippen molar-refractivity contribution in [2.45, 2.75) is 19.9 Å². The normalized spacial score (nSPS) is 11.9. The van der Waals surface area contributed by atoms with Gasteiger partial charge in [0.05, 0.1) is 4.92 Å². The molecule has 142 valence electrons. The van der Waals surface area contributed by atoms with Crippen LogP contribution in [-0.2, 0) is 11.3 Å². The number of anilines is 1. The molecular weight excluding hydrogens is 350 g/mol. The molecule has 8 nitrogen and oxygen atoms in total. The van der Waals surface area contributed by atoms with E-state index in [4.69, 9.17) is 9.47 Å². The highest BCUT2D eigenvalue weighted by atomic mass is 16.7. The molecular formula is C19H21N3O5. The fourth-order valence-corrected chi connectivity index (χ4v) is 2.88. The van der Waals surface area contributed by atoms with Crippen molar-refractivity contribution in [3.05, 3.63) is 58.1 Å². The van der Waals surface area contributed by atoms with E-state index in [1.54, 1.807) is 23.1 Å². The van der Waals surface area contributed by atoms with Crippen molar-refractivity contribution in [3.8, 4) is 11.5 Å². The van der Waals surface area contributed by atoms with Crippen LogP contribution in [-0.4, -0.2) is 35.6 Å². The number of hydrogen-bond donors (Lipinski definition) is 1. The Kier molecular flexibility index (Phi) is 5.75. The third kappa shape index (κ3) is 4.46. The lowest BCUT2D eigenvalue weighted by Gasteiger charge is -2.21. The van der Waals surface area contributed by atoms with Gasteiger partial charge in [0, 0.05) is 32.1 Å². The first kappa shape index (κ1) is 18.5. The Labute approximate surface area is 156 Å². The number of nitro groups is 1. The number of rotatable bonds is 8. The number of ether oxygens (including phenoxy) is 2. The molecule has 0 atom stereocenters. The second-order valence-electron chi connectivity index (χ2n) is 6.05. The SMILES string of the molecule is CCN(Cc1ccc2c(c1)OCO2)C(=O)CCNc1ccccc1[N+](=O)[O-]. The second kappa shape index (κ2) is 8.39. The predicted octanol–water partition coefficient (Wildman–Crippen LogP) is 3.17. The number of nitro benzene ring substituents is 1. The summed E-state index contributed by atoms with van der Waals surface area (Å²) in [6.45, 7) is 3.49. The topological polar surface area (TPSA) is 93.9 Å². The molecule has 2 aromatic rings. The average Bonchev–Trinajstić information content (AvgIpc) is 3.14. The number of hydrogen-bond acceptors (Lipinski definition) is 6. The van der Waals surface area contributed by atoms with Crippen molar-refractivity contribution in [1.29, 1.82) is 0 Å². The first-order valence-corrected chi connectivity index (χ1v) is 8.72. The summed E-state index contributed by atoms with van der Waals surface area (Å²) in [5, 5.41) is 14.0. The Morgan fingerprint density at radius 3 is 2.78 bits per heavy atom. The van der Waals surface area contributed by atoms with Crippen LogP contribution < -0.4 is 14.8 Å². The standard InChI is InChI=1S/C19H21N3O5/c1-2-21(12-14-7-8-17-18(11-14)27-13-26-17)19(23)9-10-20-15-5-3-4-6-16(15)22(24)25/h3-8,11,20H,2,9-10,12-13H2,1H3. The molecule has 0 saturated carbocycles. The minimum Gasteiger partial charge on any atom is -0.454 e. The minimum absolute atomic E-state index is 0.00217. The largest absolute Gasteiger partial charge is 0.454 e. The van der Waals surface area contributed by atoms with E-state index in [9.17, 15) is 14.9 Å². The predicted molar refractivity (Wildman–Crippen MR) is 99.9 cm³/mol. The molecule has 0 radical (unpaired) electrons. The smallest absolute Gasteiger partial charge is 0.292 e. The van der Waals surface area contributed by atoms with Gasteiger partial charge in [-0.25, -0.2) is 0 Å². The molecule has 2 aromatic carbocycles. The van der Waals surface area contributed by atoms with Crippen molar-refractivity contribution in [2.75, 3.05) is 25.2 Å². The summed E-state index contributed by atoms with van der Waals surface area (Å²) in [6, 6.07) is 12.0. The van der Waals surface area contributed by atoms with Crippen LogP contribution in [0.1, 0.15) is 18.9 Å². The van der Waals surface area contributed by atoms with Crippen molar-refractivity contribution in [1.82, 2.24) is 4.90 Å². The lowest BCUT2D eigenvalue weighted by molar-refractivity contribution is -0.384. The van der Waals surface area contributed by atoms with E-state index in [0.29, 0.717) is 36.8 Å². The molecule has 1 amide bonds.